The van der Waals surface area contributed by atoms with Gasteiger partial charge in [0.25, 0.3) is 0 Å². The molecule has 0 amide bonds. The zero-order valence-electron chi connectivity index (χ0n) is 33.1. The van der Waals surface area contributed by atoms with Crippen molar-refractivity contribution in [3.05, 3.63) is 158 Å². The maximum absolute atomic E-state index is 13.1. The van der Waals surface area contributed by atoms with Crippen molar-refractivity contribution < 1.29 is 4.79 Å². The van der Waals surface area contributed by atoms with Gasteiger partial charge >= 0.3 is 0 Å². The second kappa shape index (κ2) is 24.0. The van der Waals surface area contributed by atoms with Gasteiger partial charge in [-0.05, 0) is 106 Å². The first-order valence-electron chi connectivity index (χ1n) is 18.1. The number of benzene rings is 1. The lowest BCUT2D eigenvalue weighted by atomic mass is 9.84. The lowest BCUT2D eigenvalue weighted by Gasteiger charge is -2.31. The maximum atomic E-state index is 13.1. The van der Waals surface area contributed by atoms with Gasteiger partial charge in [-0.2, -0.15) is 5.10 Å². The fourth-order valence-corrected chi connectivity index (χ4v) is 6.04. The SMILES string of the molecule is C=C.C=CC(C=C)=C(C=C)/C=C\C.C=Cc1ccc(-c2ccc(-c3cnn(/C(N)=C(\C(=C)C4CCN(C)CC4)C(=O)CC)c3C)cn2)cc1CC.CN. The Morgan fingerprint density at radius 2 is 1.55 bits per heavy atom. The number of aryl methyl sites for hydroxylation is 1. The molecule has 3 aromatic rings. The number of hydrogen-bond donors (Lipinski definition) is 2. The monoisotopic (exact) mass is 714 g/mol. The van der Waals surface area contributed by atoms with Crippen LogP contribution in [0, 0.1) is 12.8 Å². The van der Waals surface area contributed by atoms with Crippen LogP contribution in [-0.2, 0) is 11.2 Å². The summed E-state index contributed by atoms with van der Waals surface area (Å²) in [4.78, 5) is 20.1. The van der Waals surface area contributed by atoms with Crippen LogP contribution in [0.25, 0.3) is 34.3 Å². The van der Waals surface area contributed by atoms with Crippen molar-refractivity contribution in [3.8, 4) is 22.4 Å². The number of nitrogens with zero attached hydrogens (tertiary/aromatic N) is 4. The number of allylic oxidation sites excluding steroid dienone is 9. The van der Waals surface area contributed by atoms with Gasteiger partial charge in [-0.1, -0.05) is 101 Å². The minimum atomic E-state index is 0.00261. The summed E-state index contributed by atoms with van der Waals surface area (Å²) in [5.74, 6) is 0.599. The summed E-state index contributed by atoms with van der Waals surface area (Å²) in [6, 6.07) is 10.4. The Kier molecular flexibility index (Phi) is 20.7. The van der Waals surface area contributed by atoms with Crippen molar-refractivity contribution in [1.82, 2.24) is 19.7 Å². The van der Waals surface area contributed by atoms with E-state index in [4.69, 9.17) is 10.7 Å². The van der Waals surface area contributed by atoms with Crippen LogP contribution in [0.2, 0.25) is 0 Å². The van der Waals surface area contributed by atoms with E-state index in [0.717, 1.165) is 82.7 Å². The predicted octanol–water partition coefficient (Wildman–Crippen LogP) is 9.92. The van der Waals surface area contributed by atoms with E-state index in [1.807, 2.05) is 51.3 Å². The Morgan fingerprint density at radius 1 is 0.943 bits per heavy atom. The zero-order valence-corrected chi connectivity index (χ0v) is 33.1. The molecule has 7 heteroatoms. The minimum Gasteiger partial charge on any atom is -0.383 e. The van der Waals surface area contributed by atoms with Gasteiger partial charge in [0.15, 0.2) is 5.78 Å². The van der Waals surface area contributed by atoms with E-state index >= 15 is 0 Å². The Labute approximate surface area is 319 Å². The summed E-state index contributed by atoms with van der Waals surface area (Å²) < 4.78 is 1.67. The Balaban J connectivity index is 0.000000798. The van der Waals surface area contributed by atoms with Gasteiger partial charge in [-0.15, -0.1) is 13.2 Å². The van der Waals surface area contributed by atoms with Crippen LogP contribution in [0.5, 0.6) is 0 Å². The van der Waals surface area contributed by atoms with Gasteiger partial charge in [0.2, 0.25) is 0 Å². The quantitative estimate of drug-likeness (QED) is 0.104. The lowest BCUT2D eigenvalue weighted by molar-refractivity contribution is -0.115. The Bertz CT molecular complexity index is 1780. The summed E-state index contributed by atoms with van der Waals surface area (Å²) in [6.07, 6.45) is 18.1. The molecule has 4 rings (SSSR count). The lowest BCUT2D eigenvalue weighted by Crippen LogP contribution is -2.32. The molecule has 1 aliphatic rings. The molecule has 3 heterocycles. The highest BCUT2D eigenvalue weighted by Crippen LogP contribution is 2.32. The summed E-state index contributed by atoms with van der Waals surface area (Å²) in [5, 5.41) is 4.59. The summed E-state index contributed by atoms with van der Waals surface area (Å²) in [6.45, 7) is 35.2. The van der Waals surface area contributed by atoms with E-state index < -0.39 is 0 Å². The van der Waals surface area contributed by atoms with E-state index in [9.17, 15) is 4.79 Å². The van der Waals surface area contributed by atoms with Crippen molar-refractivity contribution in [2.24, 2.45) is 17.4 Å². The number of carbonyl (C=O) groups is 1. The number of hydrogen-bond acceptors (Lipinski definition) is 6. The van der Waals surface area contributed by atoms with Crippen LogP contribution in [0.1, 0.15) is 56.9 Å². The summed E-state index contributed by atoms with van der Waals surface area (Å²) >= 11 is 0. The number of Topliss-reactive ketones (excluding diaryl/α,β-unsaturated/α-hetero) is 1. The smallest absolute Gasteiger partial charge is 0.166 e. The average molecular weight is 715 g/mol. The molecule has 0 atom stereocenters. The first-order valence-corrected chi connectivity index (χ1v) is 18.1. The number of likely N-dealkylation sites (tertiary alicyclic amines) is 1. The molecule has 0 spiro atoms. The summed E-state index contributed by atoms with van der Waals surface area (Å²) in [7, 11) is 3.62. The second-order valence-electron chi connectivity index (χ2n) is 12.1. The molecule has 1 fully saturated rings. The van der Waals surface area contributed by atoms with Crippen molar-refractivity contribution in [3.63, 3.8) is 0 Å². The van der Waals surface area contributed by atoms with Crippen LogP contribution < -0.4 is 11.5 Å². The molecule has 0 saturated carbocycles. The number of carbonyl (C=O) groups excluding carboxylic acids is 1. The Morgan fingerprint density at radius 3 is 2.04 bits per heavy atom. The molecule has 0 unspecified atom stereocenters. The molecule has 7 nitrogen and oxygen atoms in total. The molecule has 0 bridgehead atoms. The van der Waals surface area contributed by atoms with Crippen LogP contribution in [-0.4, -0.2) is 52.6 Å². The van der Waals surface area contributed by atoms with E-state index in [-0.39, 0.29) is 11.7 Å². The molecule has 53 heavy (non-hydrogen) atoms. The highest BCUT2D eigenvalue weighted by Gasteiger charge is 2.27. The van der Waals surface area contributed by atoms with Crippen molar-refractivity contribution in [2.45, 2.75) is 53.4 Å². The second-order valence-corrected chi connectivity index (χ2v) is 12.1. The van der Waals surface area contributed by atoms with Crippen molar-refractivity contribution >= 4 is 17.7 Å². The van der Waals surface area contributed by atoms with Gasteiger partial charge in [0.05, 0.1) is 23.2 Å². The number of nitrogens with two attached hydrogens (primary N) is 2. The molecular formula is C46H62N6O. The third-order valence-corrected chi connectivity index (χ3v) is 9.08. The van der Waals surface area contributed by atoms with Gasteiger partial charge in [-0.3, -0.25) is 9.78 Å². The first kappa shape index (κ1) is 45.7. The minimum absolute atomic E-state index is 0.00261. The molecule has 1 aliphatic heterocycles. The van der Waals surface area contributed by atoms with E-state index in [0.29, 0.717) is 17.8 Å². The first-order chi connectivity index (χ1) is 25.6. The zero-order chi connectivity index (χ0) is 40.1. The van der Waals surface area contributed by atoms with Gasteiger partial charge in [0.1, 0.15) is 5.82 Å². The van der Waals surface area contributed by atoms with Crippen molar-refractivity contribution in [1.29, 1.82) is 0 Å². The molecular weight excluding hydrogens is 653 g/mol. The molecule has 282 valence electrons. The van der Waals surface area contributed by atoms with E-state index in [1.165, 1.54) is 12.6 Å². The third-order valence-electron chi connectivity index (χ3n) is 9.08. The average Bonchev–Trinajstić information content (AvgIpc) is 3.60. The molecule has 1 saturated heterocycles. The number of piperidine rings is 1. The molecule has 2 aromatic heterocycles. The fraction of sp³-hybridized carbons (Fsp3) is 0.283. The van der Waals surface area contributed by atoms with Gasteiger partial charge < -0.3 is 16.4 Å². The van der Waals surface area contributed by atoms with Crippen LogP contribution in [0.4, 0.5) is 0 Å². The topological polar surface area (TPSA) is 103 Å². The van der Waals surface area contributed by atoms with Crippen LogP contribution in [0.3, 0.4) is 0 Å². The number of pyridine rings is 1. The van der Waals surface area contributed by atoms with Gasteiger partial charge in [0, 0.05) is 29.3 Å². The standard InChI is InChI=1S/C32H39N5O.C11H14.C2H4.CH5N/c1-7-23-10-11-26(18-24(23)8-2)29-13-12-27(19-34-29)28-20-35-37(22(28)5)32(33)31(30(38)9-3)21(4)25-14-16-36(6)17-15-25;1-5-9-11(8-4)10(6-2)7-3;2*1-2/h7,10-13,18-20,25H,1,4,8-9,14-17,33H2,2-3,5-6H3;5-9H,2-4H2,1H3;1-2H2;2H2,1H3/b32-31+;9-5-;;. The largest absolute Gasteiger partial charge is 0.383 e. The third kappa shape index (κ3) is 12.1. The van der Waals surface area contributed by atoms with Crippen LogP contribution >= 0.6 is 0 Å². The van der Waals surface area contributed by atoms with Crippen molar-refractivity contribution in [2.75, 3.05) is 27.2 Å². The maximum Gasteiger partial charge on any atom is 0.166 e. The number of ketones is 1. The van der Waals surface area contributed by atoms with E-state index in [1.54, 1.807) is 29.1 Å². The normalized spacial score (nSPS) is 13.0. The number of rotatable bonds is 13. The fourth-order valence-electron chi connectivity index (χ4n) is 6.04. The van der Waals surface area contributed by atoms with Gasteiger partial charge in [-0.25, -0.2) is 4.68 Å². The predicted molar refractivity (Wildman–Crippen MR) is 231 cm³/mol. The molecule has 1 aromatic carbocycles. The molecule has 0 radical (unpaired) electrons. The molecule has 0 aliphatic carbocycles. The summed E-state index contributed by atoms with van der Waals surface area (Å²) in [5.41, 5.74) is 21.7. The number of aromatic nitrogens is 3. The highest BCUT2D eigenvalue weighted by atomic mass is 16.1. The van der Waals surface area contributed by atoms with Crippen LogP contribution in [0.15, 0.2) is 141 Å². The highest BCUT2D eigenvalue weighted by molar-refractivity contribution is 6.04. The Hall–Kier alpha value is -5.37. The molecule has 4 N–H and O–H groups in total. The van der Waals surface area contributed by atoms with E-state index in [2.05, 4.69) is 100 Å².